The van der Waals surface area contributed by atoms with Gasteiger partial charge in [-0.05, 0) is 37.2 Å². The molecule has 1 aromatic heterocycles. The Labute approximate surface area is 167 Å². The number of allylic oxidation sites excluding steroid dienone is 2. The van der Waals surface area contributed by atoms with E-state index in [2.05, 4.69) is 18.0 Å². The lowest BCUT2D eigenvalue weighted by atomic mass is 9.51. The van der Waals surface area contributed by atoms with Gasteiger partial charge in [-0.25, -0.2) is 4.85 Å². The first kappa shape index (κ1) is 21.4. The predicted octanol–water partition coefficient (Wildman–Crippen LogP) is 5.87. The molecule has 150 valence electrons. The molecule has 1 spiro atoms. The zero-order valence-electron chi connectivity index (χ0n) is 19.2. The van der Waals surface area contributed by atoms with E-state index < -0.39 is 0 Å². The number of fused-ring (bicyclic) bond motifs is 4. The Morgan fingerprint density at radius 2 is 1.89 bits per heavy atom. The lowest BCUT2D eigenvalue weighted by Crippen LogP contribution is -2.52. The van der Waals surface area contributed by atoms with Gasteiger partial charge in [-0.3, -0.25) is 4.68 Å². The average Bonchev–Trinajstić information content (AvgIpc) is 3.37. The maximum absolute atomic E-state index is 13.0. The van der Waals surface area contributed by atoms with Crippen molar-refractivity contribution in [3.05, 3.63) is 40.6 Å². The summed E-state index contributed by atoms with van der Waals surface area (Å²) in [4.78, 5) is 16.6. The lowest BCUT2D eigenvalue weighted by molar-refractivity contribution is -0.130. The fourth-order valence-corrected chi connectivity index (χ4v) is 5.39. The van der Waals surface area contributed by atoms with Crippen molar-refractivity contribution >= 4 is 5.78 Å². The van der Waals surface area contributed by atoms with E-state index in [4.69, 9.17) is 13.0 Å². The molecule has 4 nitrogen and oxygen atoms in total. The molecule has 1 fully saturated rings. The van der Waals surface area contributed by atoms with E-state index in [1.165, 1.54) is 13.0 Å². The molecule has 1 aromatic rings. The zero-order valence-corrected chi connectivity index (χ0v) is 18.2. The lowest BCUT2D eigenvalue weighted by Gasteiger charge is -2.51. The summed E-state index contributed by atoms with van der Waals surface area (Å²) in [5.41, 5.74) is 2.14. The quantitative estimate of drug-likeness (QED) is 0.533. The van der Waals surface area contributed by atoms with Crippen molar-refractivity contribution in [2.75, 3.05) is 0 Å². The molecular weight excluding hydrogens is 334 g/mol. The van der Waals surface area contributed by atoms with Gasteiger partial charge in [-0.15, -0.1) is 0 Å². The molecule has 0 N–H and O–H groups in total. The summed E-state index contributed by atoms with van der Waals surface area (Å²) in [6, 6.07) is 0. The number of carbonyl (C=O) groups is 1. The highest BCUT2D eigenvalue weighted by Crippen LogP contribution is 2.60. The first-order valence-corrected chi connectivity index (χ1v) is 10.2. The summed E-state index contributed by atoms with van der Waals surface area (Å²) in [7, 11) is 3.20. The number of ketones is 1. The van der Waals surface area contributed by atoms with Gasteiger partial charge in [0.15, 0.2) is 5.78 Å². The summed E-state index contributed by atoms with van der Waals surface area (Å²) >= 11 is 0. The summed E-state index contributed by atoms with van der Waals surface area (Å²) < 4.78 is 7.63. The van der Waals surface area contributed by atoms with Gasteiger partial charge in [-0.2, -0.15) is 5.10 Å². The minimum absolute atomic E-state index is 0.113. The monoisotopic (exact) mass is 373 g/mol. The largest absolute Gasteiger partial charge is 0.307 e. The van der Waals surface area contributed by atoms with Crippen molar-refractivity contribution in [1.82, 2.24) is 9.78 Å². The summed E-state index contributed by atoms with van der Waals surface area (Å²) in [6.07, 6.45) is 10.2. The van der Waals surface area contributed by atoms with Crippen LogP contribution in [0.5, 0.6) is 0 Å². The van der Waals surface area contributed by atoms with Gasteiger partial charge >= 0.3 is 0 Å². The van der Waals surface area contributed by atoms with Gasteiger partial charge in [0.25, 0.3) is 0 Å². The standard InChI is InChI=1S/C18H21N3O.2C2H6.CH4/c1-17-10-13(19-2)16(22)18(8-4-5-9-18)14(17)7-6-12-11-21(3)20-15(12)17;2*1-2;/h10-11,14H,4-9H2,1,3H3;2*1-2H3;1H4/t14-,17+;;;/m1.../s1/i;;;1T. The van der Waals surface area contributed by atoms with Gasteiger partial charge in [0.05, 0.1) is 12.3 Å². The molecule has 0 bridgehead atoms. The normalized spacial score (nSPS) is 27.0. The first-order chi connectivity index (χ1) is 13.5. The molecule has 27 heavy (non-hydrogen) atoms. The molecule has 4 rings (SSSR count). The summed E-state index contributed by atoms with van der Waals surface area (Å²) in [6.45, 7) is 17.7. The van der Waals surface area contributed by atoms with Crippen LogP contribution in [-0.2, 0) is 23.7 Å². The third-order valence-corrected chi connectivity index (χ3v) is 6.25. The third-order valence-electron chi connectivity index (χ3n) is 6.25. The maximum Gasteiger partial charge on any atom is 0.226 e. The van der Waals surface area contributed by atoms with E-state index >= 15 is 0 Å². The van der Waals surface area contributed by atoms with E-state index in [0.29, 0.717) is 11.6 Å². The second-order valence-corrected chi connectivity index (χ2v) is 7.38. The molecule has 0 amide bonds. The Bertz CT molecular complexity index is 738. The van der Waals surface area contributed by atoms with Gasteiger partial charge in [0, 0.05) is 25.4 Å². The Kier molecular flexibility index (Phi) is 7.03. The molecule has 0 aliphatic heterocycles. The molecular formula is C23H37N3O. The molecule has 4 heteroatoms. The number of hydrogen-bond acceptors (Lipinski definition) is 2. The highest BCUT2D eigenvalue weighted by Gasteiger charge is 2.59. The highest BCUT2D eigenvalue weighted by molar-refractivity contribution is 6.03. The van der Waals surface area contributed by atoms with E-state index in [1.807, 2.05) is 45.5 Å². The number of aryl methyl sites for hydroxylation is 2. The van der Waals surface area contributed by atoms with E-state index in [-0.39, 0.29) is 16.6 Å². The fourth-order valence-electron chi connectivity index (χ4n) is 5.39. The number of aromatic nitrogens is 2. The van der Waals surface area contributed by atoms with Crippen molar-refractivity contribution in [2.24, 2.45) is 18.4 Å². The summed E-state index contributed by atoms with van der Waals surface area (Å²) in [5, 5.41) is 4.71. The number of hydrogen-bond donors (Lipinski definition) is 0. The molecule has 3 aliphatic rings. The number of Topliss-reactive ketones (excluding diaryl/α,β-unsaturated/α-hetero) is 1. The van der Waals surface area contributed by atoms with Crippen LogP contribution in [0.2, 0.25) is 0 Å². The van der Waals surface area contributed by atoms with Gasteiger partial charge in [0.2, 0.25) is 5.70 Å². The van der Waals surface area contributed by atoms with Crippen molar-refractivity contribution in [3.8, 4) is 0 Å². The maximum atomic E-state index is 13.0. The SMILES string of the molecule is CC.CC.[3H]C.[C-]#[N+]C1=C[C@]2(C)c3nn(C)cc3CC[C@H]2C2(CCCC2)C1=O. The molecule has 1 heterocycles. The van der Waals surface area contributed by atoms with Crippen molar-refractivity contribution in [2.45, 2.75) is 86.0 Å². The molecule has 0 unspecified atom stereocenters. The van der Waals surface area contributed by atoms with Crippen LogP contribution in [-0.4, -0.2) is 15.6 Å². The minimum atomic E-state index is -0.307. The van der Waals surface area contributed by atoms with E-state index in [0.717, 1.165) is 44.2 Å². The zero-order chi connectivity index (χ0) is 21.5. The number of nitrogens with zero attached hydrogens (tertiary/aromatic N) is 3. The smallest absolute Gasteiger partial charge is 0.226 e. The number of rotatable bonds is 0. The molecule has 1 saturated carbocycles. The van der Waals surface area contributed by atoms with Crippen LogP contribution in [0.15, 0.2) is 18.0 Å². The Hall–Kier alpha value is -1.89. The molecule has 2 atom stereocenters. The van der Waals surface area contributed by atoms with E-state index in [1.54, 1.807) is 0 Å². The van der Waals surface area contributed by atoms with Gasteiger partial charge in [-0.1, -0.05) is 60.9 Å². The van der Waals surface area contributed by atoms with Crippen LogP contribution >= 0.6 is 0 Å². The van der Waals surface area contributed by atoms with Crippen molar-refractivity contribution < 1.29 is 6.17 Å². The first-order valence-electron chi connectivity index (χ1n) is 11.2. The van der Waals surface area contributed by atoms with Crippen LogP contribution in [0, 0.1) is 17.9 Å². The Morgan fingerprint density at radius 1 is 1.30 bits per heavy atom. The topological polar surface area (TPSA) is 39.2 Å². The summed E-state index contributed by atoms with van der Waals surface area (Å²) in [5.74, 6) is 0.407. The molecule has 0 aromatic carbocycles. The Morgan fingerprint density at radius 3 is 2.44 bits per heavy atom. The van der Waals surface area contributed by atoms with Gasteiger partial charge in [0.1, 0.15) is 0 Å². The number of carbonyl (C=O) groups excluding carboxylic acids is 1. The van der Waals surface area contributed by atoms with Crippen molar-refractivity contribution in [1.29, 1.82) is 0 Å². The minimum Gasteiger partial charge on any atom is -0.307 e. The van der Waals surface area contributed by atoms with Crippen LogP contribution in [0.1, 0.15) is 86.8 Å². The predicted molar refractivity (Wildman–Crippen MR) is 112 cm³/mol. The van der Waals surface area contributed by atoms with Crippen molar-refractivity contribution in [3.63, 3.8) is 0 Å². The van der Waals surface area contributed by atoms with Crippen LogP contribution < -0.4 is 0 Å². The highest BCUT2D eigenvalue weighted by atomic mass is 16.1. The third kappa shape index (κ3) is 3.37. The Balaban J connectivity index is 0.000000599. The van der Waals surface area contributed by atoms with Crippen LogP contribution in [0.25, 0.3) is 4.85 Å². The fraction of sp³-hybridized carbons (Fsp3) is 0.696. The van der Waals surface area contributed by atoms with Gasteiger partial charge < -0.3 is 4.79 Å². The van der Waals surface area contributed by atoms with Crippen LogP contribution in [0.3, 0.4) is 0 Å². The second-order valence-electron chi connectivity index (χ2n) is 7.38. The van der Waals surface area contributed by atoms with Crippen LogP contribution in [0.4, 0.5) is 0 Å². The molecule has 3 aliphatic carbocycles. The second kappa shape index (κ2) is 8.87. The molecule has 0 saturated heterocycles. The van der Waals surface area contributed by atoms with E-state index in [9.17, 15) is 4.79 Å². The molecule has 0 radical (unpaired) electrons. The average molecular weight is 374 g/mol.